The number of nitrogens with two attached hydrogens (primary N) is 1. The number of quaternary nitrogens is 1. The van der Waals surface area contributed by atoms with Gasteiger partial charge in [-0.1, -0.05) is 31.4 Å². The van der Waals surface area contributed by atoms with Gasteiger partial charge in [-0.15, -0.1) is 0 Å². The molecule has 0 unspecified atom stereocenters. The Morgan fingerprint density at radius 3 is 2.37 bits per heavy atom. The molecule has 1 aromatic rings. The number of carbonyl (C=O) groups is 2. The Bertz CT molecular complexity index is 1450. The number of ether oxygens (including phenoxy) is 3. The summed E-state index contributed by atoms with van der Waals surface area (Å²) in [6, 6.07) is 3.83. The molecule has 46 heavy (non-hydrogen) atoms. The van der Waals surface area contributed by atoms with Crippen LogP contribution in [-0.4, -0.2) is 87.5 Å². The van der Waals surface area contributed by atoms with E-state index in [0.29, 0.717) is 36.2 Å². The number of benzene rings is 1. The van der Waals surface area contributed by atoms with E-state index >= 15 is 0 Å². The van der Waals surface area contributed by atoms with Crippen LogP contribution in [0.1, 0.15) is 18.9 Å². The minimum atomic E-state index is -4.67. The predicted octanol–water partition coefficient (Wildman–Crippen LogP) is 4.86. The number of rotatable bonds is 9. The van der Waals surface area contributed by atoms with Gasteiger partial charge in [-0.3, -0.25) is 15.2 Å². The number of allylic oxidation sites excluding steroid dienone is 5. The number of hydrogen-bond donors (Lipinski definition) is 2. The molecule has 248 valence electrons. The zero-order chi connectivity index (χ0) is 34.7. The standard InChI is InChI=1S/C29H33F3N6O4.C3H6O/c1-5-20(18-33)9-10-21(11-12-38(3)13-15-42-16-14-38)25-24(26(39)41-4)19(2)36(27(34)37(25)28(35)40)23-8-6-7-22(17-23)29(30,31)32;1-3-4-2/h5-10,17,25,34H,1,11-16H2,2-4H3,(H-,35,40);3H,1H2,2H3/p+1/b20-9+,21-10+,34-27?;/t25-;/m1./s1. The quantitative estimate of drug-likeness (QED) is 0.128. The van der Waals surface area contributed by atoms with Crippen LogP contribution in [0.25, 0.3) is 0 Å². The number of methoxy groups -OCH3 is 2. The maximum atomic E-state index is 13.5. The summed E-state index contributed by atoms with van der Waals surface area (Å²) >= 11 is 0. The van der Waals surface area contributed by atoms with Gasteiger partial charge in [0.1, 0.15) is 13.1 Å². The van der Waals surface area contributed by atoms with Gasteiger partial charge < -0.3 is 24.4 Å². The van der Waals surface area contributed by atoms with Gasteiger partial charge in [0.05, 0.1) is 76.1 Å². The highest BCUT2D eigenvalue weighted by atomic mass is 19.4. The summed E-state index contributed by atoms with van der Waals surface area (Å²) in [5.41, 5.74) is 5.36. The Hall–Kier alpha value is -4.87. The number of amides is 2. The lowest BCUT2D eigenvalue weighted by molar-refractivity contribution is -0.916. The minimum Gasteiger partial charge on any atom is -0.505 e. The topological polar surface area (TPSA) is 142 Å². The fraction of sp³-hybridized carbons (Fsp3) is 0.375. The number of primary amides is 1. The number of nitrogens with zero attached hydrogens (tertiary/aromatic N) is 4. The molecule has 3 rings (SSSR count). The summed E-state index contributed by atoms with van der Waals surface area (Å²) in [6.07, 6.45) is 1.41. The summed E-state index contributed by atoms with van der Waals surface area (Å²) in [4.78, 5) is 28.2. The summed E-state index contributed by atoms with van der Waals surface area (Å²) in [5, 5.41) is 18.4. The average molecular weight is 646 g/mol. The van der Waals surface area contributed by atoms with E-state index in [9.17, 15) is 28.0 Å². The Labute approximate surface area is 267 Å². The fourth-order valence-corrected chi connectivity index (χ4v) is 4.99. The molecule has 2 heterocycles. The van der Waals surface area contributed by atoms with Gasteiger partial charge in [-0.2, -0.15) is 18.4 Å². The largest absolute Gasteiger partial charge is 0.505 e. The number of urea groups is 1. The van der Waals surface area contributed by atoms with Crippen molar-refractivity contribution < 1.29 is 41.5 Å². The van der Waals surface area contributed by atoms with E-state index in [-0.39, 0.29) is 22.5 Å². The number of nitrogens with one attached hydrogen (secondary N) is 1. The smallest absolute Gasteiger partial charge is 0.416 e. The van der Waals surface area contributed by atoms with Crippen LogP contribution in [0.2, 0.25) is 0 Å². The molecule has 3 N–H and O–H groups in total. The monoisotopic (exact) mass is 645 g/mol. The van der Waals surface area contributed by atoms with Crippen molar-refractivity contribution in [3.05, 3.63) is 89.9 Å². The second-order valence-corrected chi connectivity index (χ2v) is 10.5. The van der Waals surface area contributed by atoms with E-state index in [0.717, 1.165) is 42.1 Å². The summed E-state index contributed by atoms with van der Waals surface area (Å²) in [5.74, 6) is -1.41. The molecule has 0 spiro atoms. The summed E-state index contributed by atoms with van der Waals surface area (Å²) in [6.45, 7) is 11.5. The van der Waals surface area contributed by atoms with E-state index in [1.54, 1.807) is 13.2 Å². The van der Waals surface area contributed by atoms with Crippen LogP contribution in [0.5, 0.6) is 0 Å². The van der Waals surface area contributed by atoms with Gasteiger partial charge in [0.25, 0.3) is 0 Å². The Morgan fingerprint density at radius 2 is 1.87 bits per heavy atom. The molecule has 0 aliphatic carbocycles. The number of likely N-dealkylation sites (N-methyl/N-ethyl adjacent to an activating group) is 1. The number of nitriles is 1. The van der Waals surface area contributed by atoms with E-state index in [1.807, 2.05) is 13.1 Å². The molecule has 1 aromatic carbocycles. The third-order valence-corrected chi connectivity index (χ3v) is 7.61. The first-order chi connectivity index (χ1) is 21.7. The van der Waals surface area contributed by atoms with Crippen molar-refractivity contribution in [1.82, 2.24) is 4.90 Å². The van der Waals surface area contributed by atoms with Crippen LogP contribution in [-0.2, 0) is 25.2 Å². The minimum absolute atomic E-state index is 0.0829. The maximum absolute atomic E-state index is 13.5. The highest BCUT2D eigenvalue weighted by Gasteiger charge is 2.45. The highest BCUT2D eigenvalue weighted by Crippen LogP contribution is 2.38. The number of hydrogen-bond acceptors (Lipinski definition) is 7. The van der Waals surface area contributed by atoms with E-state index < -0.39 is 35.7 Å². The first-order valence-corrected chi connectivity index (χ1v) is 14.1. The summed E-state index contributed by atoms with van der Waals surface area (Å²) < 4.78 is 56.1. The molecule has 0 saturated carbocycles. The number of guanidine groups is 1. The zero-order valence-corrected chi connectivity index (χ0v) is 26.4. The maximum Gasteiger partial charge on any atom is 0.416 e. The lowest BCUT2D eigenvalue weighted by Gasteiger charge is -2.44. The van der Waals surface area contributed by atoms with Crippen LogP contribution >= 0.6 is 0 Å². The molecule has 1 saturated heterocycles. The van der Waals surface area contributed by atoms with Crippen LogP contribution in [0.4, 0.5) is 23.7 Å². The number of carbonyl (C=O) groups excluding carboxylic acids is 2. The second-order valence-electron chi connectivity index (χ2n) is 10.5. The number of esters is 1. The lowest BCUT2D eigenvalue weighted by atomic mass is 9.89. The van der Waals surface area contributed by atoms with Gasteiger partial charge in [-0.05, 0) is 36.8 Å². The number of alkyl halides is 3. The van der Waals surface area contributed by atoms with Gasteiger partial charge in [0, 0.05) is 17.8 Å². The zero-order valence-electron chi connectivity index (χ0n) is 26.4. The highest BCUT2D eigenvalue weighted by molar-refractivity contribution is 6.10. The van der Waals surface area contributed by atoms with Crippen molar-refractivity contribution in [1.29, 1.82) is 10.7 Å². The van der Waals surface area contributed by atoms with Crippen LogP contribution in [0, 0.1) is 16.7 Å². The van der Waals surface area contributed by atoms with Gasteiger partial charge in [0.15, 0.2) is 0 Å². The van der Waals surface area contributed by atoms with E-state index in [2.05, 4.69) is 17.9 Å². The number of morpholine rings is 1. The molecule has 0 bridgehead atoms. The van der Waals surface area contributed by atoms with Gasteiger partial charge >= 0.3 is 18.2 Å². The SMILES string of the molecule is C=C/C(C#N)=C\C=C(/CC[N+]1(C)CCOCC1)[C@@H]1C(C(=O)OC)=C(C)N(c2cccc(C(F)(F)F)c2)C(=N)N1C(N)=O.C=COC. The number of halogens is 3. The Balaban J connectivity index is 0.00000173. The number of anilines is 1. The third kappa shape index (κ3) is 9.09. The van der Waals surface area contributed by atoms with Crippen LogP contribution in [0.3, 0.4) is 0 Å². The van der Waals surface area contributed by atoms with Crippen molar-refractivity contribution in [2.24, 2.45) is 5.73 Å². The molecular weight excluding hydrogens is 605 g/mol. The van der Waals surface area contributed by atoms with Crippen molar-refractivity contribution in [3.63, 3.8) is 0 Å². The van der Waals surface area contributed by atoms with Gasteiger partial charge in [-0.25, -0.2) is 9.59 Å². The molecule has 14 heteroatoms. The first kappa shape index (κ1) is 37.3. The Morgan fingerprint density at radius 1 is 1.24 bits per heavy atom. The van der Waals surface area contributed by atoms with Crippen molar-refractivity contribution >= 4 is 23.6 Å². The normalized spacial score (nSPS) is 18.6. The fourth-order valence-electron chi connectivity index (χ4n) is 4.99. The Kier molecular flexibility index (Phi) is 13.3. The lowest BCUT2D eigenvalue weighted by Crippen LogP contribution is -2.60. The molecule has 1 fully saturated rings. The van der Waals surface area contributed by atoms with Crippen molar-refractivity contribution in [2.75, 3.05) is 59.0 Å². The van der Waals surface area contributed by atoms with Gasteiger partial charge in [0.2, 0.25) is 5.96 Å². The second kappa shape index (κ2) is 16.4. The van der Waals surface area contributed by atoms with Crippen molar-refractivity contribution in [3.8, 4) is 6.07 Å². The van der Waals surface area contributed by atoms with Crippen LogP contribution < -0.4 is 10.6 Å². The van der Waals surface area contributed by atoms with Crippen molar-refractivity contribution in [2.45, 2.75) is 25.6 Å². The first-order valence-electron chi connectivity index (χ1n) is 14.1. The molecule has 2 aliphatic rings. The van der Waals surface area contributed by atoms with E-state index in [4.69, 9.17) is 20.6 Å². The molecule has 11 nitrogen and oxygen atoms in total. The molecular formula is C32H40F3N6O5+. The molecule has 0 radical (unpaired) electrons. The molecule has 2 aliphatic heterocycles. The third-order valence-electron chi connectivity index (χ3n) is 7.61. The predicted molar refractivity (Wildman–Crippen MR) is 167 cm³/mol. The van der Waals surface area contributed by atoms with Crippen LogP contribution in [0.15, 0.2) is 84.3 Å². The van der Waals surface area contributed by atoms with E-state index in [1.165, 1.54) is 37.5 Å². The summed E-state index contributed by atoms with van der Waals surface area (Å²) in [7, 11) is 4.75. The molecule has 2 amide bonds. The average Bonchev–Trinajstić information content (AvgIpc) is 3.02. The molecule has 1 atom stereocenters. The molecule has 0 aromatic heterocycles.